The second kappa shape index (κ2) is 9.75. The van der Waals surface area contributed by atoms with Crippen molar-refractivity contribution in [1.29, 1.82) is 0 Å². The zero-order valence-electron chi connectivity index (χ0n) is 20.9. The number of rotatable bonds is 4. The highest BCUT2D eigenvalue weighted by Gasteiger charge is 2.16. The van der Waals surface area contributed by atoms with Gasteiger partial charge in [-0.25, -0.2) is 16.8 Å². The lowest BCUT2D eigenvalue weighted by Crippen LogP contribution is -2.13. The van der Waals surface area contributed by atoms with Gasteiger partial charge >= 0.3 is 0 Å². The molecule has 3 heterocycles. The highest BCUT2D eigenvalue weighted by Crippen LogP contribution is 2.24. The molecule has 0 aliphatic rings. The Morgan fingerprint density at radius 3 is 1.38 bits per heavy atom. The molecule has 202 valence electrons. The van der Waals surface area contributed by atoms with Crippen LogP contribution >= 0.6 is 34.0 Å². The predicted octanol–water partition coefficient (Wildman–Crippen LogP) is 3.14. The maximum atomic E-state index is 12.9. The van der Waals surface area contributed by atoms with Crippen LogP contribution in [0.4, 0.5) is 0 Å². The summed E-state index contributed by atoms with van der Waals surface area (Å²) >= 11 is 3.35. The van der Waals surface area contributed by atoms with Gasteiger partial charge in [-0.05, 0) is 48.5 Å². The number of thiophene rings is 1. The molecule has 3 aromatic heterocycles. The molecule has 2 amide bonds. The zero-order chi connectivity index (χ0) is 28.3. The number of hydrogen-bond acceptors (Lipinski definition) is 9. The highest BCUT2D eigenvalue weighted by molar-refractivity contribution is 7.91. The summed E-state index contributed by atoms with van der Waals surface area (Å²) in [6.07, 6.45) is 2.27. The number of amides is 2. The van der Waals surface area contributed by atoms with Gasteiger partial charge in [-0.2, -0.15) is 9.98 Å². The molecule has 0 saturated heterocycles. The fourth-order valence-corrected chi connectivity index (χ4v) is 8.09. The lowest BCUT2D eigenvalue weighted by molar-refractivity contribution is 0.0995. The van der Waals surface area contributed by atoms with Gasteiger partial charge in [0.1, 0.15) is 0 Å². The van der Waals surface area contributed by atoms with Gasteiger partial charge in [0.2, 0.25) is 0 Å². The molecule has 0 bridgehead atoms. The molecule has 0 atom stereocenters. The van der Waals surface area contributed by atoms with Gasteiger partial charge in [0, 0.05) is 26.6 Å². The molecule has 0 saturated carbocycles. The maximum absolute atomic E-state index is 12.9. The van der Waals surface area contributed by atoms with E-state index in [-0.39, 0.29) is 19.5 Å². The van der Waals surface area contributed by atoms with Gasteiger partial charge in [0.15, 0.2) is 29.3 Å². The first-order valence-electron chi connectivity index (χ1n) is 11.1. The first-order valence-corrected chi connectivity index (χ1v) is 17.3. The van der Waals surface area contributed by atoms with Gasteiger partial charge in [0.25, 0.3) is 11.8 Å². The molecule has 15 heteroatoms. The number of carbonyl (C=O) groups excluding carboxylic acids is 2. The van der Waals surface area contributed by atoms with Crippen LogP contribution in [0.1, 0.15) is 19.3 Å². The number of aryl methyl sites for hydroxylation is 2. The highest BCUT2D eigenvalue weighted by atomic mass is 32.2. The van der Waals surface area contributed by atoms with Gasteiger partial charge in [-0.3, -0.25) is 9.59 Å². The van der Waals surface area contributed by atoms with E-state index in [4.69, 9.17) is 0 Å². The van der Waals surface area contributed by atoms with Crippen molar-refractivity contribution >= 4 is 85.9 Å². The summed E-state index contributed by atoms with van der Waals surface area (Å²) in [7, 11) is -3.28. The predicted molar refractivity (Wildman–Crippen MR) is 152 cm³/mol. The lowest BCUT2D eigenvalue weighted by atomic mass is 10.3. The summed E-state index contributed by atoms with van der Waals surface area (Å²) in [5.41, 5.74) is 1.47. The van der Waals surface area contributed by atoms with Crippen LogP contribution in [0.3, 0.4) is 0 Å². The minimum atomic E-state index is -3.37. The Labute approximate surface area is 234 Å². The van der Waals surface area contributed by atoms with E-state index in [1.807, 2.05) is 0 Å². The molecule has 2 aromatic carbocycles. The molecule has 0 unspecified atom stereocenters. The maximum Gasteiger partial charge on any atom is 0.289 e. The third-order valence-electron chi connectivity index (χ3n) is 5.84. The molecule has 0 fully saturated rings. The number of aromatic nitrogens is 2. The average molecular weight is 621 g/mol. The first kappa shape index (κ1) is 27.3. The number of hydrogen-bond donors (Lipinski definition) is 0. The van der Waals surface area contributed by atoms with Crippen molar-refractivity contribution in [2.45, 2.75) is 9.79 Å². The molecule has 0 N–H and O–H groups in total. The van der Waals surface area contributed by atoms with Crippen LogP contribution in [0.2, 0.25) is 0 Å². The second-order valence-corrected chi connectivity index (χ2v) is 15.8. The number of sulfone groups is 2. The van der Waals surface area contributed by atoms with E-state index in [0.29, 0.717) is 19.0 Å². The smallest absolute Gasteiger partial charge is 0.289 e. The number of carbonyl (C=O) groups is 2. The first-order chi connectivity index (χ1) is 18.2. The van der Waals surface area contributed by atoms with Crippen LogP contribution in [0.25, 0.3) is 20.4 Å². The molecular formula is C24H20N4O6S5. The van der Waals surface area contributed by atoms with E-state index in [2.05, 4.69) is 9.98 Å². The van der Waals surface area contributed by atoms with Gasteiger partial charge in [-0.1, -0.05) is 22.7 Å². The van der Waals surface area contributed by atoms with Crippen molar-refractivity contribution < 1.29 is 26.4 Å². The number of fused-ring (bicyclic) bond motifs is 2. The molecule has 0 spiro atoms. The van der Waals surface area contributed by atoms with E-state index in [9.17, 15) is 26.4 Å². The van der Waals surface area contributed by atoms with Gasteiger partial charge in [-0.15, -0.1) is 11.3 Å². The van der Waals surface area contributed by atoms with Crippen LogP contribution in [-0.2, 0) is 33.8 Å². The lowest BCUT2D eigenvalue weighted by Gasteiger charge is -1.99. The minimum absolute atomic E-state index is 0.183. The monoisotopic (exact) mass is 620 g/mol. The summed E-state index contributed by atoms with van der Waals surface area (Å²) in [5.74, 6) is -1.07. The second-order valence-electron chi connectivity index (χ2n) is 8.69. The molecule has 0 radical (unpaired) electrons. The van der Waals surface area contributed by atoms with Crippen molar-refractivity contribution in [3.63, 3.8) is 0 Å². The van der Waals surface area contributed by atoms with Gasteiger partial charge in [0.05, 0.1) is 40.0 Å². The molecule has 5 aromatic rings. The number of benzene rings is 2. The summed E-state index contributed by atoms with van der Waals surface area (Å²) < 4.78 is 52.3. The Balaban J connectivity index is 1.45. The normalized spacial score (nSPS) is 13.5. The third kappa shape index (κ3) is 5.32. The van der Waals surface area contributed by atoms with E-state index in [1.54, 1.807) is 47.5 Å². The molecule has 39 heavy (non-hydrogen) atoms. The average Bonchev–Trinajstić information content (AvgIpc) is 3.55. The largest absolute Gasteiger partial charge is 0.319 e. The topological polar surface area (TPSA) is 137 Å². The number of thiazole rings is 2. The number of nitrogens with zero attached hydrogens (tertiary/aromatic N) is 4. The Kier molecular flexibility index (Phi) is 6.83. The Morgan fingerprint density at radius 1 is 0.641 bits per heavy atom. The summed E-state index contributed by atoms with van der Waals surface area (Å²) in [5, 5.41) is 0. The fraction of sp³-hybridized carbons (Fsp3) is 0.167. The van der Waals surface area contributed by atoms with Crippen molar-refractivity contribution in [1.82, 2.24) is 9.13 Å². The van der Waals surface area contributed by atoms with Crippen LogP contribution in [0.5, 0.6) is 0 Å². The van der Waals surface area contributed by atoms with Crippen molar-refractivity contribution in [3.8, 4) is 0 Å². The summed E-state index contributed by atoms with van der Waals surface area (Å²) in [6, 6.07) is 12.5. The van der Waals surface area contributed by atoms with Crippen molar-refractivity contribution in [2.75, 3.05) is 12.5 Å². The van der Waals surface area contributed by atoms with Crippen LogP contribution in [0.15, 0.2) is 68.3 Å². The molecule has 10 nitrogen and oxygen atoms in total. The minimum Gasteiger partial charge on any atom is -0.319 e. The van der Waals surface area contributed by atoms with E-state index in [1.165, 1.54) is 46.9 Å². The standard InChI is InChI=1S/C24H20N4O6S5/c1-27-15-7-5-13(38(3,31)32)11-19(15)36-23(27)25-21(29)17-9-10-18(35-17)22(30)26-24-28(2)16-8-6-14(39(4,33)34)12-20(16)37-24/h5-12H,1-4H3. The molecular weight excluding hydrogens is 601 g/mol. The van der Waals surface area contributed by atoms with E-state index in [0.717, 1.165) is 34.9 Å². The Hall–Kier alpha value is -3.24. The molecule has 0 aliphatic heterocycles. The summed E-state index contributed by atoms with van der Waals surface area (Å²) in [6.45, 7) is 0. The van der Waals surface area contributed by atoms with Crippen LogP contribution in [0, 0.1) is 0 Å². The fourth-order valence-electron chi connectivity index (χ4n) is 3.75. The van der Waals surface area contributed by atoms with E-state index < -0.39 is 31.5 Å². The van der Waals surface area contributed by atoms with Gasteiger partial charge < -0.3 is 9.13 Å². The SMILES string of the molecule is Cn1c(=NC(=O)c2ccc(C(=O)N=c3sc4cc(S(C)(=O)=O)ccc4n3C)s2)sc2cc(S(C)(=O)=O)ccc21. The third-order valence-corrected chi connectivity index (χ3v) is 11.3. The quantitative estimate of drug-likeness (QED) is 0.303. The van der Waals surface area contributed by atoms with Crippen LogP contribution < -0.4 is 9.60 Å². The Morgan fingerprint density at radius 2 is 1.03 bits per heavy atom. The van der Waals surface area contributed by atoms with Crippen molar-refractivity contribution in [2.24, 2.45) is 24.1 Å². The van der Waals surface area contributed by atoms with Crippen LogP contribution in [-0.4, -0.2) is 50.3 Å². The van der Waals surface area contributed by atoms with E-state index >= 15 is 0 Å². The molecule has 0 aliphatic carbocycles. The Bertz CT molecular complexity index is 2040. The summed E-state index contributed by atoms with van der Waals surface area (Å²) in [4.78, 5) is 35.8. The van der Waals surface area contributed by atoms with Crippen molar-refractivity contribution in [3.05, 3.63) is 67.9 Å². The zero-order valence-corrected chi connectivity index (χ0v) is 25.0. The molecule has 5 rings (SSSR count).